The first kappa shape index (κ1) is 22.8. The van der Waals surface area contributed by atoms with Gasteiger partial charge in [0, 0.05) is 22.7 Å². The third-order valence-corrected chi connectivity index (χ3v) is 6.27. The minimum absolute atomic E-state index is 0.211. The van der Waals surface area contributed by atoms with Gasteiger partial charge >= 0.3 is 6.09 Å². The molecule has 0 unspecified atom stereocenters. The zero-order valence-electron chi connectivity index (χ0n) is 19.3. The van der Waals surface area contributed by atoms with Crippen molar-refractivity contribution >= 4 is 28.2 Å². The first-order chi connectivity index (χ1) is 15.8. The number of fused-ring (bicyclic) bond motifs is 1. The van der Waals surface area contributed by atoms with Crippen LogP contribution >= 0.6 is 11.3 Å². The van der Waals surface area contributed by atoms with E-state index in [4.69, 9.17) is 9.47 Å². The number of benzene rings is 2. The second-order valence-electron chi connectivity index (χ2n) is 8.93. The smallest absolute Gasteiger partial charge is 0.408 e. The molecule has 4 rings (SSSR count). The van der Waals surface area contributed by atoms with E-state index < -0.39 is 11.7 Å². The summed E-state index contributed by atoms with van der Waals surface area (Å²) >= 11 is 1.64. The number of hydrogen-bond donors (Lipinski definition) is 1. The van der Waals surface area contributed by atoms with Crippen LogP contribution in [-0.4, -0.2) is 23.8 Å². The predicted molar refractivity (Wildman–Crippen MR) is 134 cm³/mol. The summed E-state index contributed by atoms with van der Waals surface area (Å²) in [6, 6.07) is 18.2. The Labute approximate surface area is 198 Å². The number of alkyl carbamates (subject to hydrolysis) is 1. The Kier molecular flexibility index (Phi) is 6.65. The van der Waals surface area contributed by atoms with Crippen LogP contribution in [0.2, 0.25) is 0 Å². The van der Waals surface area contributed by atoms with Crippen molar-refractivity contribution in [1.29, 1.82) is 0 Å². The van der Waals surface area contributed by atoms with E-state index in [0.29, 0.717) is 6.42 Å². The van der Waals surface area contributed by atoms with Crippen LogP contribution in [0.25, 0.3) is 21.9 Å². The molecule has 0 radical (unpaired) electrons. The number of rotatable bonds is 6. The number of nitrogens with zero attached hydrogens (tertiary/aromatic N) is 1. The summed E-state index contributed by atoms with van der Waals surface area (Å²) in [5.74, 6) is 0.806. The summed E-state index contributed by atoms with van der Waals surface area (Å²) in [5.41, 5.74) is 2.80. The van der Waals surface area contributed by atoms with Crippen LogP contribution in [-0.2, 0) is 11.2 Å². The SMILES string of the molecule is COc1ccc(C[C@H](NC(=O)OC(C)(C)C)c2cc(-c3ccc4cnccc4c3)cs2)cc1. The van der Waals surface area contributed by atoms with Crippen molar-refractivity contribution in [2.45, 2.75) is 38.8 Å². The maximum atomic E-state index is 12.6. The topological polar surface area (TPSA) is 60.5 Å². The van der Waals surface area contributed by atoms with Crippen molar-refractivity contribution < 1.29 is 14.3 Å². The van der Waals surface area contributed by atoms with Gasteiger partial charge in [-0.25, -0.2) is 4.79 Å². The summed E-state index contributed by atoms with van der Waals surface area (Å²) in [7, 11) is 1.65. The fraction of sp³-hybridized carbons (Fsp3) is 0.259. The van der Waals surface area contributed by atoms with Crippen molar-refractivity contribution in [1.82, 2.24) is 10.3 Å². The van der Waals surface area contributed by atoms with Crippen LogP contribution in [0, 0.1) is 0 Å². The van der Waals surface area contributed by atoms with Gasteiger partial charge in [0.05, 0.1) is 13.2 Å². The molecule has 0 aliphatic heterocycles. The van der Waals surface area contributed by atoms with Crippen molar-refractivity contribution in [2.24, 2.45) is 0 Å². The summed E-state index contributed by atoms with van der Waals surface area (Å²) < 4.78 is 10.8. The Morgan fingerprint density at radius 2 is 1.82 bits per heavy atom. The second-order valence-corrected chi connectivity index (χ2v) is 9.87. The summed E-state index contributed by atoms with van der Waals surface area (Å²) in [6.07, 6.45) is 3.90. The normalized spacial score (nSPS) is 12.4. The van der Waals surface area contributed by atoms with Gasteiger partial charge in [0.25, 0.3) is 0 Å². The molecule has 170 valence electrons. The predicted octanol–water partition coefficient (Wildman–Crippen LogP) is 6.78. The molecule has 0 bridgehead atoms. The lowest BCUT2D eigenvalue weighted by molar-refractivity contribution is 0.0504. The molecule has 1 atom stereocenters. The molecule has 4 aromatic rings. The van der Waals surface area contributed by atoms with Crippen molar-refractivity contribution in [2.75, 3.05) is 7.11 Å². The van der Waals surface area contributed by atoms with Gasteiger partial charge in [-0.05, 0) is 85.0 Å². The monoisotopic (exact) mass is 460 g/mol. The van der Waals surface area contributed by atoms with Crippen molar-refractivity contribution in [3.63, 3.8) is 0 Å². The molecule has 2 heterocycles. The van der Waals surface area contributed by atoms with E-state index >= 15 is 0 Å². The highest BCUT2D eigenvalue weighted by atomic mass is 32.1. The average Bonchev–Trinajstić information content (AvgIpc) is 3.28. The molecule has 0 saturated heterocycles. The number of nitrogens with one attached hydrogen (secondary N) is 1. The van der Waals surface area contributed by atoms with Crippen LogP contribution in [0.15, 0.2) is 72.4 Å². The standard InChI is InChI=1S/C27H28N2O3S/c1-27(2,3)32-26(30)29-24(13-18-5-9-23(31-4)10-6-18)25-15-22(17-33-25)19-7-8-21-16-28-12-11-20(21)14-19/h5-12,14-17,24H,13H2,1-4H3,(H,29,30)/t24-/m0/s1. The Bertz CT molecular complexity index is 1240. The zero-order chi connectivity index (χ0) is 23.4. The molecular formula is C27H28N2O3S. The van der Waals surface area contributed by atoms with Gasteiger partial charge in [0.1, 0.15) is 11.4 Å². The van der Waals surface area contributed by atoms with Gasteiger partial charge in [-0.3, -0.25) is 4.98 Å². The molecule has 0 saturated carbocycles. The first-order valence-corrected chi connectivity index (χ1v) is 11.7. The fourth-order valence-electron chi connectivity index (χ4n) is 3.62. The van der Waals surface area contributed by atoms with E-state index in [1.54, 1.807) is 24.6 Å². The van der Waals surface area contributed by atoms with Gasteiger partial charge in [0.2, 0.25) is 0 Å². The largest absolute Gasteiger partial charge is 0.497 e. The minimum atomic E-state index is -0.560. The third kappa shape index (κ3) is 5.90. The lowest BCUT2D eigenvalue weighted by Crippen LogP contribution is -2.35. The number of carbonyl (C=O) groups is 1. The molecule has 1 N–H and O–H groups in total. The molecular weight excluding hydrogens is 432 g/mol. The third-order valence-electron chi connectivity index (χ3n) is 5.23. The van der Waals surface area contributed by atoms with E-state index in [2.05, 4.69) is 39.9 Å². The number of amides is 1. The maximum absolute atomic E-state index is 12.6. The number of ether oxygens (including phenoxy) is 2. The first-order valence-electron chi connectivity index (χ1n) is 10.9. The highest BCUT2D eigenvalue weighted by molar-refractivity contribution is 7.10. The van der Waals surface area contributed by atoms with Crippen LogP contribution in [0.5, 0.6) is 5.75 Å². The van der Waals surface area contributed by atoms with E-state index in [9.17, 15) is 4.79 Å². The Balaban J connectivity index is 1.61. The molecule has 0 aliphatic rings. The summed E-state index contributed by atoms with van der Waals surface area (Å²) in [4.78, 5) is 17.9. The quantitative estimate of drug-likeness (QED) is 0.344. The van der Waals surface area contributed by atoms with Gasteiger partial charge in [-0.2, -0.15) is 0 Å². The van der Waals surface area contributed by atoms with Crippen LogP contribution in [0.3, 0.4) is 0 Å². The van der Waals surface area contributed by atoms with Crippen molar-refractivity contribution in [3.05, 3.63) is 82.8 Å². The van der Waals surface area contributed by atoms with Crippen LogP contribution in [0.4, 0.5) is 4.79 Å². The van der Waals surface area contributed by atoms with Crippen molar-refractivity contribution in [3.8, 4) is 16.9 Å². The number of thiophene rings is 1. The number of aromatic nitrogens is 1. The van der Waals surface area contributed by atoms with E-state index in [0.717, 1.165) is 38.1 Å². The molecule has 0 fully saturated rings. The van der Waals surface area contributed by atoms with Crippen LogP contribution in [0.1, 0.15) is 37.3 Å². The number of carbonyl (C=O) groups excluding carboxylic acids is 1. The van der Waals surface area contributed by atoms with E-state index in [1.165, 1.54) is 0 Å². The number of methoxy groups -OCH3 is 1. The number of pyridine rings is 1. The molecule has 0 spiro atoms. The summed E-state index contributed by atoms with van der Waals surface area (Å²) in [5, 5.41) is 7.47. The molecule has 2 aromatic carbocycles. The van der Waals surface area contributed by atoms with Gasteiger partial charge < -0.3 is 14.8 Å². The molecule has 0 aliphatic carbocycles. The lowest BCUT2D eigenvalue weighted by Gasteiger charge is -2.23. The van der Waals surface area contributed by atoms with Crippen LogP contribution < -0.4 is 10.1 Å². The highest BCUT2D eigenvalue weighted by Gasteiger charge is 2.22. The highest BCUT2D eigenvalue weighted by Crippen LogP contribution is 2.33. The summed E-state index contributed by atoms with van der Waals surface area (Å²) in [6.45, 7) is 5.59. The average molecular weight is 461 g/mol. The van der Waals surface area contributed by atoms with Gasteiger partial charge in [-0.1, -0.05) is 24.3 Å². The molecule has 5 nitrogen and oxygen atoms in total. The second kappa shape index (κ2) is 9.63. The Morgan fingerprint density at radius 3 is 2.55 bits per heavy atom. The molecule has 1 amide bonds. The molecule has 33 heavy (non-hydrogen) atoms. The van der Waals surface area contributed by atoms with Gasteiger partial charge in [-0.15, -0.1) is 11.3 Å². The Hall–Kier alpha value is -3.38. The molecule has 2 aromatic heterocycles. The lowest BCUT2D eigenvalue weighted by atomic mass is 10.0. The number of hydrogen-bond acceptors (Lipinski definition) is 5. The van der Waals surface area contributed by atoms with Gasteiger partial charge in [0.15, 0.2) is 0 Å². The van der Waals surface area contributed by atoms with E-state index in [1.807, 2.05) is 57.3 Å². The minimum Gasteiger partial charge on any atom is -0.497 e. The molecule has 6 heteroatoms. The fourth-order valence-corrected chi connectivity index (χ4v) is 4.59. The zero-order valence-corrected chi connectivity index (χ0v) is 20.1. The van der Waals surface area contributed by atoms with E-state index in [-0.39, 0.29) is 6.04 Å². The Morgan fingerprint density at radius 1 is 1.03 bits per heavy atom. The maximum Gasteiger partial charge on any atom is 0.408 e.